The van der Waals surface area contributed by atoms with Gasteiger partial charge in [0.1, 0.15) is 5.75 Å². The number of halogens is 1. The summed E-state index contributed by atoms with van der Waals surface area (Å²) in [4.78, 5) is 22.9. The first-order chi connectivity index (χ1) is 8.11. The van der Waals surface area contributed by atoms with Crippen molar-refractivity contribution in [1.29, 1.82) is 0 Å². The molecule has 0 bridgehead atoms. The fourth-order valence-corrected chi connectivity index (χ4v) is 1.94. The summed E-state index contributed by atoms with van der Waals surface area (Å²) in [5.41, 5.74) is 0.961. The summed E-state index contributed by atoms with van der Waals surface area (Å²) in [5.74, 6) is 0.260. The second-order valence-corrected chi connectivity index (χ2v) is 4.25. The zero-order valence-corrected chi connectivity index (χ0v) is 10.1. The summed E-state index contributed by atoms with van der Waals surface area (Å²) in [6.45, 7) is 1.90. The van der Waals surface area contributed by atoms with E-state index in [9.17, 15) is 9.59 Å². The molecule has 4 nitrogen and oxygen atoms in total. The third-order valence-electron chi connectivity index (χ3n) is 2.48. The van der Waals surface area contributed by atoms with Crippen molar-refractivity contribution in [2.75, 3.05) is 11.9 Å². The van der Waals surface area contributed by atoms with Crippen LogP contribution in [0.5, 0.6) is 5.75 Å². The Morgan fingerprint density at radius 3 is 3.00 bits per heavy atom. The standard InChI is InChI=1S/C12H12ClNO3/c1-2-3-10(15)7-4-11-9(5-8(7)13)14-12(16)6-17-11/h4-5H,2-3,6H2,1H3,(H,14,16). The highest BCUT2D eigenvalue weighted by atomic mass is 35.5. The van der Waals surface area contributed by atoms with Crippen molar-refractivity contribution >= 4 is 29.0 Å². The maximum absolute atomic E-state index is 11.8. The van der Waals surface area contributed by atoms with Gasteiger partial charge in [0.05, 0.1) is 10.7 Å². The lowest BCUT2D eigenvalue weighted by atomic mass is 10.1. The van der Waals surface area contributed by atoms with E-state index in [2.05, 4.69) is 5.32 Å². The summed E-state index contributed by atoms with van der Waals surface area (Å²) < 4.78 is 5.24. The first-order valence-corrected chi connectivity index (χ1v) is 5.79. The second kappa shape index (κ2) is 4.75. The third kappa shape index (κ3) is 2.42. The quantitative estimate of drug-likeness (QED) is 0.843. The molecule has 0 saturated heterocycles. The number of amides is 1. The molecule has 1 aromatic rings. The molecular weight excluding hydrogens is 242 g/mol. The van der Waals surface area contributed by atoms with Crippen LogP contribution in [0.3, 0.4) is 0 Å². The van der Waals surface area contributed by atoms with Crippen LogP contribution in [0.25, 0.3) is 0 Å². The molecule has 0 fully saturated rings. The van der Waals surface area contributed by atoms with Crippen LogP contribution < -0.4 is 10.1 Å². The Kier molecular flexibility index (Phi) is 3.33. The maximum Gasteiger partial charge on any atom is 0.262 e. The number of nitrogens with one attached hydrogen (secondary N) is 1. The minimum atomic E-state index is -0.221. The van der Waals surface area contributed by atoms with E-state index >= 15 is 0 Å². The Balaban J connectivity index is 2.37. The van der Waals surface area contributed by atoms with E-state index < -0.39 is 0 Å². The normalized spacial score (nSPS) is 13.6. The highest BCUT2D eigenvalue weighted by molar-refractivity contribution is 6.34. The van der Waals surface area contributed by atoms with Gasteiger partial charge < -0.3 is 10.1 Å². The Morgan fingerprint density at radius 1 is 1.53 bits per heavy atom. The topological polar surface area (TPSA) is 55.4 Å². The number of anilines is 1. The van der Waals surface area contributed by atoms with E-state index in [4.69, 9.17) is 16.3 Å². The molecule has 0 radical (unpaired) electrons. The van der Waals surface area contributed by atoms with Crippen molar-refractivity contribution in [2.45, 2.75) is 19.8 Å². The maximum atomic E-state index is 11.8. The number of carbonyl (C=O) groups is 2. The largest absolute Gasteiger partial charge is 0.482 e. The molecule has 0 saturated carbocycles. The van der Waals surface area contributed by atoms with Crippen molar-refractivity contribution in [1.82, 2.24) is 0 Å². The third-order valence-corrected chi connectivity index (χ3v) is 2.79. The van der Waals surface area contributed by atoms with E-state index in [1.807, 2.05) is 6.92 Å². The molecule has 0 aromatic heterocycles. The SMILES string of the molecule is CCCC(=O)c1cc2c(cc1Cl)NC(=O)CO2. The molecule has 0 atom stereocenters. The Bertz CT molecular complexity index is 485. The van der Waals surface area contributed by atoms with Crippen molar-refractivity contribution < 1.29 is 14.3 Å². The number of hydrogen-bond donors (Lipinski definition) is 1. The van der Waals surface area contributed by atoms with E-state index in [0.717, 1.165) is 6.42 Å². The lowest BCUT2D eigenvalue weighted by Crippen LogP contribution is -2.25. The van der Waals surface area contributed by atoms with Crippen molar-refractivity contribution in [3.63, 3.8) is 0 Å². The lowest BCUT2D eigenvalue weighted by Gasteiger charge is -2.19. The molecule has 1 N–H and O–H groups in total. The number of fused-ring (bicyclic) bond motifs is 1. The van der Waals surface area contributed by atoms with Gasteiger partial charge in [0, 0.05) is 12.0 Å². The van der Waals surface area contributed by atoms with Crippen LogP contribution in [-0.4, -0.2) is 18.3 Å². The highest BCUT2D eigenvalue weighted by Gasteiger charge is 2.20. The predicted octanol–water partition coefficient (Wildman–Crippen LogP) is 2.65. The molecule has 1 aliphatic heterocycles. The molecule has 0 aliphatic carbocycles. The highest BCUT2D eigenvalue weighted by Crippen LogP contribution is 2.34. The van der Waals surface area contributed by atoms with Crippen LogP contribution >= 0.6 is 11.6 Å². The van der Waals surface area contributed by atoms with Gasteiger partial charge in [-0.2, -0.15) is 0 Å². The number of benzene rings is 1. The molecule has 5 heteroatoms. The van der Waals surface area contributed by atoms with Gasteiger partial charge in [-0.05, 0) is 18.6 Å². The molecule has 1 amide bonds. The summed E-state index contributed by atoms with van der Waals surface area (Å²) in [7, 11) is 0. The van der Waals surface area contributed by atoms with Crippen molar-refractivity contribution in [3.8, 4) is 5.75 Å². The summed E-state index contributed by atoms with van der Waals surface area (Å²) in [6.07, 6.45) is 1.22. The van der Waals surface area contributed by atoms with Gasteiger partial charge in [-0.3, -0.25) is 9.59 Å². The van der Waals surface area contributed by atoms with E-state index in [-0.39, 0.29) is 18.3 Å². The fourth-order valence-electron chi connectivity index (χ4n) is 1.68. The van der Waals surface area contributed by atoms with E-state index in [1.54, 1.807) is 12.1 Å². The van der Waals surface area contributed by atoms with Gasteiger partial charge in [0.25, 0.3) is 5.91 Å². The van der Waals surface area contributed by atoms with Crippen LogP contribution in [0.2, 0.25) is 5.02 Å². The monoisotopic (exact) mass is 253 g/mol. The van der Waals surface area contributed by atoms with Gasteiger partial charge in [0.15, 0.2) is 12.4 Å². The lowest BCUT2D eigenvalue weighted by molar-refractivity contribution is -0.118. The number of carbonyl (C=O) groups excluding carboxylic acids is 2. The smallest absolute Gasteiger partial charge is 0.262 e. The zero-order chi connectivity index (χ0) is 12.4. The Morgan fingerprint density at radius 2 is 2.29 bits per heavy atom. The molecule has 1 heterocycles. The van der Waals surface area contributed by atoms with Crippen LogP contribution in [0.1, 0.15) is 30.1 Å². The van der Waals surface area contributed by atoms with Crippen molar-refractivity contribution in [2.24, 2.45) is 0 Å². The molecular formula is C12H12ClNO3. The summed E-state index contributed by atoms with van der Waals surface area (Å²) in [6, 6.07) is 3.14. The van der Waals surface area contributed by atoms with Gasteiger partial charge >= 0.3 is 0 Å². The van der Waals surface area contributed by atoms with Crippen molar-refractivity contribution in [3.05, 3.63) is 22.7 Å². The van der Waals surface area contributed by atoms with Crippen LogP contribution in [0, 0.1) is 0 Å². The zero-order valence-electron chi connectivity index (χ0n) is 9.38. The van der Waals surface area contributed by atoms with Crippen LogP contribution in [0.15, 0.2) is 12.1 Å². The number of ketones is 1. The van der Waals surface area contributed by atoms with Gasteiger partial charge in [-0.25, -0.2) is 0 Å². The number of ether oxygens (including phenoxy) is 1. The van der Waals surface area contributed by atoms with E-state index in [0.29, 0.717) is 28.4 Å². The van der Waals surface area contributed by atoms with Crippen LogP contribution in [-0.2, 0) is 4.79 Å². The van der Waals surface area contributed by atoms with Gasteiger partial charge in [-0.1, -0.05) is 18.5 Å². The fraction of sp³-hybridized carbons (Fsp3) is 0.333. The van der Waals surface area contributed by atoms with Crippen LogP contribution in [0.4, 0.5) is 5.69 Å². The molecule has 1 aliphatic rings. The average Bonchev–Trinajstić information content (AvgIpc) is 2.28. The Hall–Kier alpha value is -1.55. The molecule has 0 spiro atoms. The predicted molar refractivity (Wildman–Crippen MR) is 64.8 cm³/mol. The Labute approximate surface area is 104 Å². The molecule has 90 valence electrons. The van der Waals surface area contributed by atoms with Gasteiger partial charge in [0.2, 0.25) is 0 Å². The number of Topliss-reactive ketones (excluding diaryl/α,β-unsaturated/α-hetero) is 1. The minimum absolute atomic E-state index is 0.0131. The minimum Gasteiger partial charge on any atom is -0.482 e. The molecule has 1 aromatic carbocycles. The second-order valence-electron chi connectivity index (χ2n) is 3.84. The molecule has 17 heavy (non-hydrogen) atoms. The first kappa shape index (κ1) is 11.9. The average molecular weight is 254 g/mol. The molecule has 2 rings (SSSR count). The van der Waals surface area contributed by atoms with E-state index in [1.165, 1.54) is 0 Å². The number of rotatable bonds is 3. The first-order valence-electron chi connectivity index (χ1n) is 5.41. The molecule has 0 unspecified atom stereocenters. The summed E-state index contributed by atoms with van der Waals surface area (Å²) >= 11 is 6.01. The summed E-state index contributed by atoms with van der Waals surface area (Å²) in [5, 5.41) is 2.98. The number of hydrogen-bond acceptors (Lipinski definition) is 3. The van der Waals surface area contributed by atoms with Gasteiger partial charge in [-0.15, -0.1) is 0 Å².